The van der Waals surface area contributed by atoms with Crippen LogP contribution < -0.4 is 10.6 Å². The molecule has 1 aliphatic heterocycles. The Kier molecular flexibility index (Phi) is 4.18. The van der Waals surface area contributed by atoms with E-state index < -0.39 is 6.04 Å². The molecule has 2 amide bonds. The number of aromatic nitrogens is 2. The Balaban J connectivity index is 1.55. The molecule has 0 spiro atoms. The van der Waals surface area contributed by atoms with E-state index in [-0.39, 0.29) is 18.2 Å². The molecule has 4 rings (SSSR count). The van der Waals surface area contributed by atoms with E-state index in [2.05, 4.69) is 15.7 Å². The summed E-state index contributed by atoms with van der Waals surface area (Å²) in [7, 11) is 0. The highest BCUT2D eigenvalue weighted by molar-refractivity contribution is 6.33. The maximum absolute atomic E-state index is 12.4. The fraction of sp³-hybridized carbons (Fsp3) is 0.105. The number of nitrogens with one attached hydrogen (secondary N) is 2. The van der Waals surface area contributed by atoms with E-state index in [0.29, 0.717) is 16.5 Å². The average molecular weight is 367 g/mol. The molecule has 130 valence electrons. The van der Waals surface area contributed by atoms with Crippen LogP contribution in [0.4, 0.5) is 11.5 Å². The van der Waals surface area contributed by atoms with E-state index in [1.54, 1.807) is 35.1 Å². The number of para-hydroxylation sites is 1. The molecule has 0 saturated carbocycles. The van der Waals surface area contributed by atoms with Gasteiger partial charge in [0.2, 0.25) is 5.91 Å². The fourth-order valence-electron chi connectivity index (χ4n) is 2.98. The molecule has 0 saturated heterocycles. The Bertz CT molecular complexity index is 984. The number of carbonyl (C=O) groups excluding carboxylic acids is 2. The minimum atomic E-state index is -0.690. The van der Waals surface area contributed by atoms with Gasteiger partial charge in [0.1, 0.15) is 11.9 Å². The predicted octanol–water partition coefficient (Wildman–Crippen LogP) is 3.73. The third-order valence-corrected chi connectivity index (χ3v) is 4.58. The second-order valence-corrected chi connectivity index (χ2v) is 6.36. The van der Waals surface area contributed by atoms with Gasteiger partial charge in [-0.25, -0.2) is 4.68 Å². The first-order chi connectivity index (χ1) is 12.6. The standard InChI is InChI=1S/C19H15ClN4O2/c20-14-8-4-5-9-15(14)22-17(25)10-16-19(26)23-18-13(11-21-24(16)18)12-6-2-1-3-7-12/h1-9,11,16H,10H2,(H,22,25)(H,23,26). The molecule has 0 aliphatic carbocycles. The molecule has 1 unspecified atom stereocenters. The molecule has 6 nitrogen and oxygen atoms in total. The van der Waals surface area contributed by atoms with Crippen LogP contribution in [0.25, 0.3) is 11.1 Å². The van der Waals surface area contributed by atoms with Gasteiger partial charge >= 0.3 is 0 Å². The van der Waals surface area contributed by atoms with Gasteiger partial charge in [-0.1, -0.05) is 54.1 Å². The van der Waals surface area contributed by atoms with Crippen molar-refractivity contribution in [3.63, 3.8) is 0 Å². The Morgan fingerprint density at radius 1 is 1.15 bits per heavy atom. The number of hydrogen-bond acceptors (Lipinski definition) is 3. The number of carbonyl (C=O) groups is 2. The van der Waals surface area contributed by atoms with Crippen molar-refractivity contribution in [2.24, 2.45) is 0 Å². The van der Waals surface area contributed by atoms with Crippen molar-refractivity contribution < 1.29 is 9.59 Å². The van der Waals surface area contributed by atoms with Crippen LogP contribution in [0.2, 0.25) is 5.02 Å². The summed E-state index contributed by atoms with van der Waals surface area (Å²) in [6.45, 7) is 0. The summed E-state index contributed by atoms with van der Waals surface area (Å²) < 4.78 is 1.57. The fourth-order valence-corrected chi connectivity index (χ4v) is 3.16. The van der Waals surface area contributed by atoms with E-state index in [1.807, 2.05) is 30.3 Å². The normalized spacial score (nSPS) is 15.4. The molecule has 7 heteroatoms. The molecule has 2 N–H and O–H groups in total. The molecule has 2 heterocycles. The maximum Gasteiger partial charge on any atom is 0.251 e. The number of rotatable bonds is 4. The average Bonchev–Trinajstić information content (AvgIpc) is 3.18. The molecule has 0 bridgehead atoms. The van der Waals surface area contributed by atoms with E-state index in [1.165, 1.54) is 0 Å². The van der Waals surface area contributed by atoms with Gasteiger partial charge in [-0.2, -0.15) is 5.10 Å². The zero-order valence-corrected chi connectivity index (χ0v) is 14.4. The highest BCUT2D eigenvalue weighted by Crippen LogP contribution is 2.35. The SMILES string of the molecule is O=C(CC1C(=O)Nc2c(-c3ccccc3)cnn21)Nc1ccccc1Cl. The lowest BCUT2D eigenvalue weighted by molar-refractivity contribution is -0.123. The summed E-state index contributed by atoms with van der Waals surface area (Å²) in [4.78, 5) is 24.7. The van der Waals surface area contributed by atoms with Crippen LogP contribution in [0, 0.1) is 0 Å². The lowest BCUT2D eigenvalue weighted by Crippen LogP contribution is -2.23. The second kappa shape index (κ2) is 6.65. The molecule has 0 fully saturated rings. The largest absolute Gasteiger partial charge is 0.325 e. The summed E-state index contributed by atoms with van der Waals surface area (Å²) in [5.74, 6) is 0.0548. The molecule has 2 aromatic carbocycles. The highest BCUT2D eigenvalue weighted by atomic mass is 35.5. The van der Waals surface area contributed by atoms with Gasteiger partial charge in [0.25, 0.3) is 5.91 Å². The number of fused-ring (bicyclic) bond motifs is 1. The van der Waals surface area contributed by atoms with Crippen molar-refractivity contribution in [3.8, 4) is 11.1 Å². The Hall–Kier alpha value is -3.12. The van der Waals surface area contributed by atoms with Crippen molar-refractivity contribution in [2.45, 2.75) is 12.5 Å². The van der Waals surface area contributed by atoms with Gasteiger partial charge < -0.3 is 10.6 Å². The highest BCUT2D eigenvalue weighted by Gasteiger charge is 2.35. The van der Waals surface area contributed by atoms with Crippen LogP contribution in [-0.2, 0) is 9.59 Å². The zero-order valence-electron chi connectivity index (χ0n) is 13.6. The van der Waals surface area contributed by atoms with Crippen LogP contribution in [0.15, 0.2) is 60.8 Å². The Morgan fingerprint density at radius 3 is 2.65 bits per heavy atom. The van der Waals surface area contributed by atoms with Crippen molar-refractivity contribution in [1.82, 2.24) is 9.78 Å². The van der Waals surface area contributed by atoms with Crippen molar-refractivity contribution >= 4 is 34.9 Å². The number of anilines is 2. The quantitative estimate of drug-likeness (QED) is 0.738. The minimum Gasteiger partial charge on any atom is -0.325 e. The third-order valence-electron chi connectivity index (χ3n) is 4.25. The molecule has 1 atom stereocenters. The van der Waals surface area contributed by atoms with Gasteiger partial charge in [-0.15, -0.1) is 0 Å². The minimum absolute atomic E-state index is 0.0278. The predicted molar refractivity (Wildman–Crippen MR) is 100 cm³/mol. The summed E-state index contributed by atoms with van der Waals surface area (Å²) in [6, 6.07) is 15.9. The van der Waals surface area contributed by atoms with Crippen LogP contribution in [0.5, 0.6) is 0 Å². The van der Waals surface area contributed by atoms with Gasteiger partial charge in [0, 0.05) is 5.56 Å². The van der Waals surface area contributed by atoms with Crippen LogP contribution in [0.3, 0.4) is 0 Å². The molecule has 1 aliphatic rings. The number of halogens is 1. The van der Waals surface area contributed by atoms with E-state index in [0.717, 1.165) is 11.1 Å². The topological polar surface area (TPSA) is 76.0 Å². The lowest BCUT2D eigenvalue weighted by atomic mass is 10.1. The second-order valence-electron chi connectivity index (χ2n) is 5.95. The maximum atomic E-state index is 12.4. The first kappa shape index (κ1) is 16.4. The van der Waals surface area contributed by atoms with Crippen molar-refractivity contribution in [1.29, 1.82) is 0 Å². The molecule has 26 heavy (non-hydrogen) atoms. The monoisotopic (exact) mass is 366 g/mol. The smallest absolute Gasteiger partial charge is 0.251 e. The number of benzene rings is 2. The van der Waals surface area contributed by atoms with Crippen molar-refractivity contribution in [3.05, 3.63) is 65.8 Å². The molecule has 0 radical (unpaired) electrons. The molecule has 3 aromatic rings. The summed E-state index contributed by atoms with van der Waals surface area (Å²) in [5, 5.41) is 10.3. The van der Waals surface area contributed by atoms with Gasteiger partial charge in [0.05, 0.1) is 23.3 Å². The van der Waals surface area contributed by atoms with Crippen LogP contribution in [-0.4, -0.2) is 21.6 Å². The molecular weight excluding hydrogens is 352 g/mol. The number of amides is 2. The lowest BCUT2D eigenvalue weighted by Gasteiger charge is -2.10. The number of nitrogens with zero attached hydrogens (tertiary/aromatic N) is 2. The van der Waals surface area contributed by atoms with Crippen molar-refractivity contribution in [2.75, 3.05) is 10.6 Å². The summed E-state index contributed by atoms with van der Waals surface area (Å²) in [6.07, 6.45) is 1.67. The number of hydrogen-bond donors (Lipinski definition) is 2. The Labute approximate surface area is 154 Å². The van der Waals surface area contributed by atoms with E-state index in [4.69, 9.17) is 11.6 Å². The van der Waals surface area contributed by atoms with Gasteiger partial charge in [-0.05, 0) is 17.7 Å². The summed E-state index contributed by atoms with van der Waals surface area (Å²) in [5.41, 5.74) is 2.30. The Morgan fingerprint density at radius 2 is 1.88 bits per heavy atom. The third kappa shape index (κ3) is 2.95. The molecular formula is C19H15ClN4O2. The van der Waals surface area contributed by atoms with Gasteiger partial charge in [-0.3, -0.25) is 9.59 Å². The zero-order chi connectivity index (χ0) is 18.1. The van der Waals surface area contributed by atoms with Gasteiger partial charge in [0.15, 0.2) is 0 Å². The van der Waals surface area contributed by atoms with Crippen LogP contribution in [0.1, 0.15) is 12.5 Å². The first-order valence-corrected chi connectivity index (χ1v) is 8.49. The van der Waals surface area contributed by atoms with E-state index in [9.17, 15) is 9.59 Å². The molecule has 1 aromatic heterocycles. The van der Waals surface area contributed by atoms with E-state index >= 15 is 0 Å². The summed E-state index contributed by atoms with van der Waals surface area (Å²) >= 11 is 6.05. The first-order valence-electron chi connectivity index (χ1n) is 8.11. The van der Waals surface area contributed by atoms with Crippen LogP contribution >= 0.6 is 11.6 Å².